The predicted octanol–water partition coefficient (Wildman–Crippen LogP) is 5.70. The Hall–Kier alpha value is -2.79. The van der Waals surface area contributed by atoms with E-state index in [1.165, 1.54) is 4.31 Å². The molecule has 0 saturated heterocycles. The molecule has 0 heterocycles. The van der Waals surface area contributed by atoms with E-state index in [1.807, 2.05) is 43.3 Å². The van der Waals surface area contributed by atoms with Gasteiger partial charge in [0.2, 0.25) is 0 Å². The Morgan fingerprint density at radius 2 is 1.53 bits per heavy atom. The fraction of sp³-hybridized carbons (Fsp3) is 0.280. The number of nitrogens with zero attached hydrogens (tertiary/aromatic N) is 1. The van der Waals surface area contributed by atoms with Crippen LogP contribution >= 0.6 is 0 Å². The molecule has 0 atom stereocenters. The number of ether oxygens (including phenoxy) is 1. The van der Waals surface area contributed by atoms with E-state index in [1.54, 1.807) is 43.5 Å². The van der Waals surface area contributed by atoms with E-state index in [0.717, 1.165) is 16.7 Å². The second-order valence-electron chi connectivity index (χ2n) is 8.47. The third-order valence-electron chi connectivity index (χ3n) is 5.10. The molecule has 5 heteroatoms. The van der Waals surface area contributed by atoms with Gasteiger partial charge in [-0.05, 0) is 47.7 Å². The Labute approximate surface area is 180 Å². The highest BCUT2D eigenvalue weighted by atomic mass is 32.2. The van der Waals surface area contributed by atoms with Crippen LogP contribution < -0.4 is 9.04 Å². The van der Waals surface area contributed by atoms with Crippen LogP contribution in [0, 0.1) is 6.92 Å². The first-order valence-electron chi connectivity index (χ1n) is 9.94. The van der Waals surface area contributed by atoms with Gasteiger partial charge in [0.15, 0.2) is 0 Å². The molecule has 0 radical (unpaired) electrons. The number of anilines is 1. The molecule has 0 fully saturated rings. The second kappa shape index (κ2) is 8.52. The molecular weight excluding hydrogens is 394 g/mol. The third kappa shape index (κ3) is 4.85. The molecule has 30 heavy (non-hydrogen) atoms. The summed E-state index contributed by atoms with van der Waals surface area (Å²) in [6.45, 7) is 8.57. The van der Waals surface area contributed by atoms with Gasteiger partial charge in [-0.2, -0.15) is 0 Å². The van der Waals surface area contributed by atoms with E-state index in [-0.39, 0.29) is 16.9 Å². The van der Waals surface area contributed by atoms with Gasteiger partial charge in [0.25, 0.3) is 10.0 Å². The molecule has 4 nitrogen and oxygen atoms in total. The van der Waals surface area contributed by atoms with Gasteiger partial charge in [-0.1, -0.05) is 68.8 Å². The van der Waals surface area contributed by atoms with E-state index in [9.17, 15) is 8.42 Å². The lowest BCUT2D eigenvalue weighted by molar-refractivity contribution is 0.415. The summed E-state index contributed by atoms with van der Waals surface area (Å²) in [5.74, 6) is 0.611. The van der Waals surface area contributed by atoms with Gasteiger partial charge in [0.05, 0.1) is 24.2 Å². The molecule has 3 rings (SSSR count). The lowest BCUT2D eigenvalue weighted by atomic mass is 9.87. The molecule has 0 unspecified atom stereocenters. The molecule has 3 aromatic rings. The van der Waals surface area contributed by atoms with Crippen molar-refractivity contribution in [1.82, 2.24) is 0 Å². The van der Waals surface area contributed by atoms with Gasteiger partial charge < -0.3 is 4.74 Å². The van der Waals surface area contributed by atoms with Crippen LogP contribution in [0.3, 0.4) is 0 Å². The van der Waals surface area contributed by atoms with Crippen molar-refractivity contribution in [2.24, 2.45) is 0 Å². The van der Waals surface area contributed by atoms with Crippen LogP contribution in [0.2, 0.25) is 0 Å². The molecule has 0 N–H and O–H groups in total. The molecule has 3 aromatic carbocycles. The Balaban J connectivity index is 2.06. The van der Waals surface area contributed by atoms with Gasteiger partial charge >= 0.3 is 0 Å². The van der Waals surface area contributed by atoms with Crippen LogP contribution in [-0.2, 0) is 22.0 Å². The van der Waals surface area contributed by atoms with Crippen molar-refractivity contribution in [3.05, 3.63) is 89.5 Å². The van der Waals surface area contributed by atoms with Crippen LogP contribution in [0.4, 0.5) is 5.69 Å². The summed E-state index contributed by atoms with van der Waals surface area (Å²) >= 11 is 0. The molecule has 0 aliphatic rings. The number of aryl methyl sites for hydroxylation is 1. The smallest absolute Gasteiger partial charge is 0.264 e. The summed E-state index contributed by atoms with van der Waals surface area (Å²) in [7, 11) is -2.20. The van der Waals surface area contributed by atoms with Crippen LogP contribution in [-0.4, -0.2) is 15.5 Å². The molecule has 0 spiro atoms. The highest BCUT2D eigenvalue weighted by Crippen LogP contribution is 2.30. The Morgan fingerprint density at radius 1 is 0.900 bits per heavy atom. The summed E-state index contributed by atoms with van der Waals surface area (Å²) in [5.41, 5.74) is 3.66. The van der Waals surface area contributed by atoms with Gasteiger partial charge in [-0.25, -0.2) is 8.42 Å². The van der Waals surface area contributed by atoms with Gasteiger partial charge in [-0.3, -0.25) is 4.31 Å². The number of benzene rings is 3. The summed E-state index contributed by atoms with van der Waals surface area (Å²) in [6.07, 6.45) is 0. The first kappa shape index (κ1) is 21.9. The van der Waals surface area contributed by atoms with Crippen LogP contribution in [0.25, 0.3) is 0 Å². The van der Waals surface area contributed by atoms with Crippen molar-refractivity contribution in [2.75, 3.05) is 11.4 Å². The fourth-order valence-corrected chi connectivity index (χ4v) is 4.64. The van der Waals surface area contributed by atoms with Crippen LogP contribution in [0.5, 0.6) is 5.75 Å². The van der Waals surface area contributed by atoms with Crippen molar-refractivity contribution < 1.29 is 13.2 Å². The van der Waals surface area contributed by atoms with Crippen LogP contribution in [0.1, 0.15) is 37.5 Å². The van der Waals surface area contributed by atoms with Crippen molar-refractivity contribution >= 4 is 15.7 Å². The Morgan fingerprint density at radius 3 is 2.10 bits per heavy atom. The topological polar surface area (TPSA) is 46.6 Å². The second-order valence-corrected chi connectivity index (χ2v) is 10.3. The minimum absolute atomic E-state index is 0.0450. The normalized spacial score (nSPS) is 11.9. The lowest BCUT2D eigenvalue weighted by Crippen LogP contribution is -2.30. The van der Waals surface area contributed by atoms with Crippen LogP contribution in [0.15, 0.2) is 77.7 Å². The molecule has 0 aliphatic carbocycles. The highest BCUT2D eigenvalue weighted by Gasteiger charge is 2.26. The monoisotopic (exact) mass is 423 g/mol. The molecule has 0 bridgehead atoms. The standard InChI is InChI=1S/C25H29NO3S/c1-19-9-11-20(12-10-19)18-26(22-7-6-8-23(17-22)29-5)30(27,28)24-15-13-21(14-16-24)25(2,3)4/h6-17H,18H2,1-5H3. The average Bonchev–Trinajstić information content (AvgIpc) is 2.72. The quantitative estimate of drug-likeness (QED) is 0.511. The zero-order valence-electron chi connectivity index (χ0n) is 18.2. The zero-order chi connectivity index (χ0) is 21.9. The summed E-state index contributed by atoms with van der Waals surface area (Å²) in [4.78, 5) is 0.269. The molecular formula is C25H29NO3S. The van der Waals surface area contributed by atoms with E-state index in [4.69, 9.17) is 4.74 Å². The fourth-order valence-electron chi connectivity index (χ4n) is 3.19. The molecule has 0 saturated carbocycles. The third-order valence-corrected chi connectivity index (χ3v) is 6.88. The average molecular weight is 424 g/mol. The minimum Gasteiger partial charge on any atom is -0.497 e. The van der Waals surface area contributed by atoms with E-state index >= 15 is 0 Å². The summed E-state index contributed by atoms with van der Waals surface area (Å²) in [5, 5.41) is 0. The number of sulfonamides is 1. The predicted molar refractivity (Wildman–Crippen MR) is 123 cm³/mol. The Bertz CT molecular complexity index is 1100. The minimum atomic E-state index is -3.77. The number of hydrogen-bond acceptors (Lipinski definition) is 3. The number of rotatable bonds is 6. The first-order chi connectivity index (χ1) is 14.1. The first-order valence-corrected chi connectivity index (χ1v) is 11.4. The van der Waals surface area contributed by atoms with E-state index in [0.29, 0.717) is 11.4 Å². The number of methoxy groups -OCH3 is 1. The van der Waals surface area contributed by atoms with Crippen molar-refractivity contribution in [3.63, 3.8) is 0 Å². The largest absolute Gasteiger partial charge is 0.497 e. The molecule has 158 valence electrons. The molecule has 0 aromatic heterocycles. The van der Waals surface area contributed by atoms with Crippen molar-refractivity contribution in [1.29, 1.82) is 0 Å². The van der Waals surface area contributed by atoms with E-state index < -0.39 is 10.0 Å². The van der Waals surface area contributed by atoms with E-state index in [2.05, 4.69) is 20.8 Å². The summed E-state index contributed by atoms with van der Waals surface area (Å²) in [6, 6.07) is 22.2. The van der Waals surface area contributed by atoms with Gasteiger partial charge in [-0.15, -0.1) is 0 Å². The zero-order valence-corrected chi connectivity index (χ0v) is 19.0. The molecule has 0 amide bonds. The summed E-state index contributed by atoms with van der Waals surface area (Å²) < 4.78 is 34.1. The maximum atomic E-state index is 13.6. The Kier molecular flexibility index (Phi) is 6.22. The van der Waals surface area contributed by atoms with Crippen molar-refractivity contribution in [2.45, 2.75) is 44.6 Å². The van der Waals surface area contributed by atoms with Gasteiger partial charge in [0.1, 0.15) is 5.75 Å². The number of hydrogen-bond donors (Lipinski definition) is 0. The highest BCUT2D eigenvalue weighted by molar-refractivity contribution is 7.92. The SMILES string of the molecule is COc1cccc(N(Cc2ccc(C)cc2)S(=O)(=O)c2ccc(C(C)(C)C)cc2)c1. The van der Waals surface area contributed by atoms with Crippen molar-refractivity contribution in [3.8, 4) is 5.75 Å². The maximum absolute atomic E-state index is 13.6. The van der Waals surface area contributed by atoms with Gasteiger partial charge in [0, 0.05) is 6.07 Å². The molecule has 0 aliphatic heterocycles. The lowest BCUT2D eigenvalue weighted by Gasteiger charge is -2.26. The maximum Gasteiger partial charge on any atom is 0.264 e.